The minimum absolute atomic E-state index is 0.256. The molecule has 0 saturated heterocycles. The highest BCUT2D eigenvalue weighted by atomic mass is 35.5. The molecule has 4 aromatic rings. The molecule has 0 aliphatic carbocycles. The second-order valence-electron chi connectivity index (χ2n) is 7.79. The summed E-state index contributed by atoms with van der Waals surface area (Å²) in [5.41, 5.74) is 2.37. The molecule has 8 nitrogen and oxygen atoms in total. The van der Waals surface area contributed by atoms with Crippen molar-refractivity contribution in [1.29, 1.82) is 0 Å². The van der Waals surface area contributed by atoms with Crippen LogP contribution >= 0.6 is 11.6 Å². The van der Waals surface area contributed by atoms with Gasteiger partial charge in [0.2, 0.25) is 5.91 Å². The van der Waals surface area contributed by atoms with E-state index < -0.39 is 30.6 Å². The van der Waals surface area contributed by atoms with Crippen molar-refractivity contribution in [2.24, 2.45) is 0 Å². The van der Waals surface area contributed by atoms with E-state index >= 15 is 0 Å². The summed E-state index contributed by atoms with van der Waals surface area (Å²) in [7, 11) is 0. The summed E-state index contributed by atoms with van der Waals surface area (Å²) in [5, 5.41) is 25.6. The summed E-state index contributed by atoms with van der Waals surface area (Å²) in [5.74, 6) is -0.622. The Morgan fingerprint density at radius 3 is 2.56 bits per heavy atom. The Morgan fingerprint density at radius 1 is 1.06 bits per heavy atom. The van der Waals surface area contributed by atoms with Gasteiger partial charge in [0.15, 0.2) is 0 Å². The van der Waals surface area contributed by atoms with Gasteiger partial charge in [-0.25, -0.2) is 4.98 Å². The van der Waals surface area contributed by atoms with E-state index in [1.165, 1.54) is 12.3 Å². The number of carbonyl (C=O) groups is 2. The zero-order valence-electron chi connectivity index (χ0n) is 18.0. The second-order valence-corrected chi connectivity index (χ2v) is 8.23. The fraction of sp³-hybridized carbons (Fsp3) is 0.160. The van der Waals surface area contributed by atoms with E-state index in [9.17, 15) is 14.7 Å². The number of hydrogen-bond donors (Lipinski definition) is 5. The highest BCUT2D eigenvalue weighted by Crippen LogP contribution is 2.20. The number of aromatic amines is 1. The molecule has 5 N–H and O–H groups in total. The molecule has 0 saturated carbocycles. The van der Waals surface area contributed by atoms with Gasteiger partial charge >= 0.3 is 0 Å². The van der Waals surface area contributed by atoms with Crippen LogP contribution in [0.2, 0.25) is 5.02 Å². The molecule has 0 fully saturated rings. The summed E-state index contributed by atoms with van der Waals surface area (Å²) in [6, 6.07) is 18.5. The second kappa shape index (κ2) is 10.5. The molecule has 0 aliphatic heterocycles. The maximum absolute atomic E-state index is 13.1. The van der Waals surface area contributed by atoms with Crippen LogP contribution in [0.15, 0.2) is 72.9 Å². The van der Waals surface area contributed by atoms with E-state index in [0.717, 1.165) is 16.5 Å². The quantitative estimate of drug-likeness (QED) is 0.266. The van der Waals surface area contributed by atoms with E-state index in [4.69, 9.17) is 16.7 Å². The van der Waals surface area contributed by atoms with Crippen molar-refractivity contribution in [1.82, 2.24) is 15.3 Å². The van der Waals surface area contributed by atoms with E-state index in [2.05, 4.69) is 20.6 Å². The molecule has 0 radical (unpaired) electrons. The Balaban J connectivity index is 1.53. The number of aromatic nitrogens is 2. The van der Waals surface area contributed by atoms with Gasteiger partial charge in [0.05, 0.1) is 6.61 Å². The van der Waals surface area contributed by atoms with Gasteiger partial charge in [-0.05, 0) is 35.9 Å². The summed E-state index contributed by atoms with van der Waals surface area (Å²) < 4.78 is 0. The van der Waals surface area contributed by atoms with Gasteiger partial charge < -0.3 is 25.8 Å². The molecular formula is C25H23ClN4O4. The number of pyridine rings is 1. The largest absolute Gasteiger partial charge is 0.393 e. The first-order valence-corrected chi connectivity index (χ1v) is 11.0. The lowest BCUT2D eigenvalue weighted by Crippen LogP contribution is -2.45. The third-order valence-electron chi connectivity index (χ3n) is 5.33. The molecular weight excluding hydrogens is 456 g/mol. The van der Waals surface area contributed by atoms with Gasteiger partial charge in [0.1, 0.15) is 23.7 Å². The first kappa shape index (κ1) is 23.4. The first-order chi connectivity index (χ1) is 16.4. The van der Waals surface area contributed by atoms with Crippen molar-refractivity contribution in [2.45, 2.75) is 18.6 Å². The topological polar surface area (TPSA) is 127 Å². The minimum Gasteiger partial charge on any atom is -0.393 e. The number of fused-ring (bicyclic) bond motifs is 1. The molecule has 2 heterocycles. The number of aliphatic hydroxyl groups excluding tert-OH is 2. The van der Waals surface area contributed by atoms with Crippen LogP contribution in [0.5, 0.6) is 0 Å². The Hall–Kier alpha value is -3.72. The Kier molecular flexibility index (Phi) is 7.22. The Morgan fingerprint density at radius 2 is 1.85 bits per heavy atom. The number of hydrogen-bond acceptors (Lipinski definition) is 5. The standard InChI is InChI=1S/C25H23ClN4O4/c26-18-7-8-19-17(11-18)12-21(28-19)24(33)29-20(10-15-4-2-1-3-5-15)25(34)30-23-9-6-16(13-27-23)22(32)14-31/h1-9,11-13,20,22,28,31-32H,10,14H2,(H,29,33)(H,27,30,34)/t20-,22?/m0/s1. The number of carbonyl (C=O) groups excluding carboxylic acids is 2. The normalized spacial score (nSPS) is 12.8. The van der Waals surface area contributed by atoms with Crippen molar-refractivity contribution in [3.05, 3.63) is 94.8 Å². The third kappa shape index (κ3) is 5.60. The highest BCUT2D eigenvalue weighted by molar-refractivity contribution is 6.31. The molecule has 0 bridgehead atoms. The van der Waals surface area contributed by atoms with Crippen LogP contribution in [0.25, 0.3) is 10.9 Å². The number of benzene rings is 2. The summed E-state index contributed by atoms with van der Waals surface area (Å²) >= 11 is 6.04. The highest BCUT2D eigenvalue weighted by Gasteiger charge is 2.23. The van der Waals surface area contributed by atoms with E-state index in [1.807, 2.05) is 30.3 Å². The number of H-pyrrole nitrogens is 1. The molecule has 9 heteroatoms. The van der Waals surface area contributed by atoms with Crippen LogP contribution in [-0.2, 0) is 11.2 Å². The van der Waals surface area contributed by atoms with Crippen LogP contribution in [0.4, 0.5) is 5.82 Å². The molecule has 4 rings (SSSR count). The lowest BCUT2D eigenvalue weighted by atomic mass is 10.0. The smallest absolute Gasteiger partial charge is 0.268 e. The van der Waals surface area contributed by atoms with E-state index in [0.29, 0.717) is 16.3 Å². The van der Waals surface area contributed by atoms with Crippen molar-refractivity contribution in [3.8, 4) is 0 Å². The predicted molar refractivity (Wildman–Crippen MR) is 130 cm³/mol. The average molecular weight is 479 g/mol. The maximum atomic E-state index is 13.1. The number of halogens is 1. The zero-order chi connectivity index (χ0) is 24.1. The lowest BCUT2D eigenvalue weighted by molar-refractivity contribution is -0.118. The predicted octanol–water partition coefficient (Wildman–Crippen LogP) is 3.22. The SMILES string of the molecule is O=C(N[C@@H](Cc1ccccc1)C(=O)Nc1ccc(C(O)CO)cn1)c1cc2cc(Cl)ccc2[nH]1. The number of rotatable bonds is 8. The van der Waals surface area contributed by atoms with E-state index in [1.54, 1.807) is 30.3 Å². The first-order valence-electron chi connectivity index (χ1n) is 10.6. The van der Waals surface area contributed by atoms with Crippen LogP contribution < -0.4 is 10.6 Å². The number of aliphatic hydroxyl groups is 2. The minimum atomic E-state index is -1.05. The number of nitrogens with one attached hydrogen (secondary N) is 3. The Labute approximate surface area is 200 Å². The number of amides is 2. The van der Waals surface area contributed by atoms with Gasteiger partial charge in [-0.15, -0.1) is 0 Å². The van der Waals surface area contributed by atoms with Gasteiger partial charge in [0.25, 0.3) is 5.91 Å². The average Bonchev–Trinajstić information content (AvgIpc) is 3.27. The van der Waals surface area contributed by atoms with E-state index in [-0.39, 0.29) is 12.2 Å². The Bertz CT molecular complexity index is 1290. The summed E-state index contributed by atoms with van der Waals surface area (Å²) in [6.45, 7) is -0.432. The molecule has 2 aromatic carbocycles. The van der Waals surface area contributed by atoms with Crippen molar-refractivity contribution in [3.63, 3.8) is 0 Å². The monoisotopic (exact) mass is 478 g/mol. The van der Waals surface area contributed by atoms with Crippen LogP contribution in [0, 0.1) is 0 Å². The third-order valence-corrected chi connectivity index (χ3v) is 5.56. The number of nitrogens with zero attached hydrogens (tertiary/aromatic N) is 1. The lowest BCUT2D eigenvalue weighted by Gasteiger charge is -2.18. The summed E-state index contributed by atoms with van der Waals surface area (Å²) in [4.78, 5) is 33.2. The molecule has 34 heavy (non-hydrogen) atoms. The zero-order valence-corrected chi connectivity index (χ0v) is 18.8. The molecule has 174 valence electrons. The fourth-order valence-electron chi connectivity index (χ4n) is 3.52. The van der Waals surface area contributed by atoms with Crippen LogP contribution in [0.3, 0.4) is 0 Å². The molecule has 2 amide bonds. The number of anilines is 1. The van der Waals surface area contributed by atoms with Crippen LogP contribution in [0.1, 0.15) is 27.7 Å². The van der Waals surface area contributed by atoms with Gasteiger partial charge in [0, 0.05) is 34.1 Å². The molecule has 0 spiro atoms. The molecule has 2 aromatic heterocycles. The van der Waals surface area contributed by atoms with Gasteiger partial charge in [-0.2, -0.15) is 0 Å². The van der Waals surface area contributed by atoms with Crippen molar-refractivity contribution in [2.75, 3.05) is 11.9 Å². The van der Waals surface area contributed by atoms with Gasteiger partial charge in [-0.1, -0.05) is 48.0 Å². The van der Waals surface area contributed by atoms with Gasteiger partial charge in [-0.3, -0.25) is 9.59 Å². The van der Waals surface area contributed by atoms with Crippen molar-refractivity contribution >= 4 is 40.1 Å². The molecule has 2 atom stereocenters. The van der Waals surface area contributed by atoms with Crippen molar-refractivity contribution < 1.29 is 19.8 Å². The maximum Gasteiger partial charge on any atom is 0.268 e. The molecule has 1 unspecified atom stereocenters. The fourth-order valence-corrected chi connectivity index (χ4v) is 3.70. The summed E-state index contributed by atoms with van der Waals surface area (Å²) in [6.07, 6.45) is 0.594. The molecule has 0 aliphatic rings. The van der Waals surface area contributed by atoms with Crippen LogP contribution in [-0.4, -0.2) is 44.6 Å².